The predicted octanol–water partition coefficient (Wildman–Crippen LogP) is 7.30. The quantitative estimate of drug-likeness (QED) is 0.347. The maximum Gasteiger partial charge on any atom is 0.261 e. The van der Waals surface area contributed by atoms with Crippen molar-refractivity contribution < 1.29 is 14.3 Å². The number of nitrogens with zero attached hydrogens (tertiary/aromatic N) is 1. The van der Waals surface area contributed by atoms with E-state index in [0.29, 0.717) is 21.4 Å². The summed E-state index contributed by atoms with van der Waals surface area (Å²) in [5, 5.41) is 4.02. The zero-order valence-corrected chi connectivity index (χ0v) is 24.5. The smallest absolute Gasteiger partial charge is 0.261 e. The average molecular weight is 598 g/mol. The molecule has 2 amide bonds. The van der Waals surface area contributed by atoms with E-state index >= 15 is 0 Å². The van der Waals surface area contributed by atoms with Crippen molar-refractivity contribution in [3.05, 3.63) is 62.0 Å². The average Bonchev–Trinajstić information content (AvgIpc) is 2.82. The molecular formula is C28H35BrCl2N2O3. The number of benzene rings is 2. The van der Waals surface area contributed by atoms with Gasteiger partial charge in [-0.15, -0.1) is 0 Å². The third-order valence-electron chi connectivity index (χ3n) is 6.66. The van der Waals surface area contributed by atoms with Gasteiger partial charge in [0.15, 0.2) is 6.61 Å². The van der Waals surface area contributed by atoms with Crippen molar-refractivity contribution in [1.29, 1.82) is 0 Å². The second-order valence-corrected chi connectivity index (χ2v) is 12.1. The highest BCUT2D eigenvalue weighted by molar-refractivity contribution is 9.10. The molecule has 0 aromatic heterocycles. The summed E-state index contributed by atoms with van der Waals surface area (Å²) in [5.41, 5.74) is 1.74. The van der Waals surface area contributed by atoms with Crippen LogP contribution in [0.15, 0.2) is 40.9 Å². The van der Waals surface area contributed by atoms with Crippen molar-refractivity contribution in [1.82, 2.24) is 10.2 Å². The minimum atomic E-state index is -0.720. The molecule has 0 bridgehead atoms. The second kappa shape index (κ2) is 12.7. The molecule has 0 heterocycles. The van der Waals surface area contributed by atoms with E-state index in [1.165, 1.54) is 11.3 Å². The molecule has 2 aromatic rings. The molecule has 1 fully saturated rings. The van der Waals surface area contributed by atoms with Crippen molar-refractivity contribution in [2.45, 2.75) is 83.8 Å². The third-order valence-corrected chi connectivity index (χ3v) is 7.99. The summed E-state index contributed by atoms with van der Waals surface area (Å²) in [7, 11) is 0. The minimum Gasteiger partial charge on any atom is -0.483 e. The van der Waals surface area contributed by atoms with Crippen molar-refractivity contribution in [3.63, 3.8) is 0 Å². The fourth-order valence-corrected chi connectivity index (χ4v) is 5.32. The lowest BCUT2D eigenvalue weighted by Crippen LogP contribution is -2.51. The zero-order valence-electron chi connectivity index (χ0n) is 21.4. The van der Waals surface area contributed by atoms with Crippen LogP contribution in [0.5, 0.6) is 5.75 Å². The van der Waals surface area contributed by atoms with Gasteiger partial charge in [-0.3, -0.25) is 9.59 Å². The number of hydrogen-bond donors (Lipinski definition) is 1. The van der Waals surface area contributed by atoms with Gasteiger partial charge < -0.3 is 15.0 Å². The van der Waals surface area contributed by atoms with Crippen molar-refractivity contribution in [3.8, 4) is 5.75 Å². The summed E-state index contributed by atoms with van der Waals surface area (Å²) in [5.74, 6) is 0.0459. The molecule has 1 atom stereocenters. The molecule has 1 saturated carbocycles. The highest BCUT2D eigenvalue weighted by atomic mass is 79.9. The predicted molar refractivity (Wildman–Crippen MR) is 150 cm³/mol. The molecule has 5 nitrogen and oxygen atoms in total. The summed E-state index contributed by atoms with van der Waals surface area (Å²) in [6, 6.07) is 10.5. The highest BCUT2D eigenvalue weighted by Gasteiger charge is 2.29. The Bertz CT molecular complexity index is 1060. The molecular weight excluding hydrogens is 563 g/mol. The molecule has 1 unspecified atom stereocenters. The molecule has 0 spiro atoms. The lowest BCUT2D eigenvalue weighted by Gasteiger charge is -2.31. The van der Waals surface area contributed by atoms with Gasteiger partial charge >= 0.3 is 0 Å². The van der Waals surface area contributed by atoms with Gasteiger partial charge in [-0.05, 0) is 70.9 Å². The maximum atomic E-state index is 13.4. The van der Waals surface area contributed by atoms with Crippen LogP contribution < -0.4 is 10.1 Å². The van der Waals surface area contributed by atoms with E-state index in [9.17, 15) is 9.59 Å². The lowest BCUT2D eigenvalue weighted by molar-refractivity contribution is -0.142. The molecule has 0 aliphatic heterocycles. The van der Waals surface area contributed by atoms with E-state index < -0.39 is 6.04 Å². The monoisotopic (exact) mass is 596 g/mol. The Labute approximate surface area is 233 Å². The van der Waals surface area contributed by atoms with Crippen LogP contribution in [0.3, 0.4) is 0 Å². The van der Waals surface area contributed by atoms with Gasteiger partial charge in [0.2, 0.25) is 5.91 Å². The Morgan fingerprint density at radius 3 is 2.33 bits per heavy atom. The number of rotatable bonds is 8. The van der Waals surface area contributed by atoms with Gasteiger partial charge in [0.1, 0.15) is 11.8 Å². The Hall–Kier alpha value is -1.76. The van der Waals surface area contributed by atoms with Gasteiger partial charge in [0.25, 0.3) is 5.91 Å². The van der Waals surface area contributed by atoms with Crippen molar-refractivity contribution >= 4 is 50.9 Å². The van der Waals surface area contributed by atoms with E-state index in [2.05, 4.69) is 42.0 Å². The van der Waals surface area contributed by atoms with Crippen molar-refractivity contribution in [2.75, 3.05) is 6.61 Å². The first kappa shape index (κ1) is 28.8. The van der Waals surface area contributed by atoms with E-state index in [-0.39, 0.29) is 36.4 Å². The summed E-state index contributed by atoms with van der Waals surface area (Å²) in [4.78, 5) is 28.1. The second-order valence-electron chi connectivity index (χ2n) is 10.4. The van der Waals surface area contributed by atoms with Crippen LogP contribution >= 0.6 is 39.1 Å². The van der Waals surface area contributed by atoms with Crippen LogP contribution in [0.4, 0.5) is 0 Å². The van der Waals surface area contributed by atoms with Crippen LogP contribution in [0, 0.1) is 0 Å². The fourth-order valence-electron chi connectivity index (χ4n) is 4.31. The summed E-state index contributed by atoms with van der Waals surface area (Å²) >= 11 is 16.4. The zero-order chi connectivity index (χ0) is 26.5. The van der Waals surface area contributed by atoms with Crippen molar-refractivity contribution in [2.24, 2.45) is 0 Å². The molecule has 0 radical (unpaired) electrons. The maximum absolute atomic E-state index is 13.4. The van der Waals surface area contributed by atoms with E-state index in [4.69, 9.17) is 27.9 Å². The first-order chi connectivity index (χ1) is 17.0. The van der Waals surface area contributed by atoms with Gasteiger partial charge in [0, 0.05) is 28.2 Å². The number of carbonyl (C=O) groups is 2. The molecule has 36 heavy (non-hydrogen) atoms. The molecule has 1 aliphatic carbocycles. The Kier molecular flexibility index (Phi) is 10.1. The lowest BCUT2D eigenvalue weighted by atomic mass is 9.87. The molecule has 1 aliphatic rings. The standard InChI is InChI=1S/C28H35BrCl2N2O3/c1-18(27(35)32-20-9-6-5-7-10-20)33(16-21-23(30)11-8-12-24(21)31)26(34)17-36-25-14-13-19(15-22(25)29)28(2,3)4/h8,11-15,18,20H,5-7,9-10,16-17H2,1-4H3,(H,32,35). The first-order valence-electron chi connectivity index (χ1n) is 12.4. The van der Waals surface area contributed by atoms with Gasteiger partial charge in [-0.2, -0.15) is 0 Å². The highest BCUT2D eigenvalue weighted by Crippen LogP contribution is 2.32. The third kappa shape index (κ3) is 7.62. The molecule has 0 saturated heterocycles. The van der Waals surface area contributed by atoms with Crippen LogP contribution in [-0.2, 0) is 21.5 Å². The Morgan fingerprint density at radius 1 is 1.11 bits per heavy atom. The van der Waals surface area contributed by atoms with Gasteiger partial charge in [-0.1, -0.05) is 75.4 Å². The number of nitrogens with one attached hydrogen (secondary N) is 1. The molecule has 3 rings (SSSR count). The Morgan fingerprint density at radius 2 is 1.75 bits per heavy atom. The molecule has 1 N–H and O–H groups in total. The van der Waals surface area contributed by atoms with E-state index in [1.807, 2.05) is 18.2 Å². The Balaban J connectivity index is 1.78. The number of amides is 2. The molecule has 196 valence electrons. The topological polar surface area (TPSA) is 58.6 Å². The largest absolute Gasteiger partial charge is 0.483 e. The summed E-state index contributed by atoms with van der Waals surface area (Å²) in [6.07, 6.45) is 5.33. The molecule has 8 heteroatoms. The fraction of sp³-hybridized carbons (Fsp3) is 0.500. The first-order valence-corrected chi connectivity index (χ1v) is 14.0. The van der Waals surface area contributed by atoms with Crippen LogP contribution in [0.25, 0.3) is 0 Å². The van der Waals surface area contributed by atoms with E-state index in [0.717, 1.165) is 35.7 Å². The summed E-state index contributed by atoms with van der Waals surface area (Å²) < 4.78 is 6.66. The van der Waals surface area contributed by atoms with Crippen LogP contribution in [0.1, 0.15) is 70.9 Å². The SMILES string of the molecule is CC(C(=O)NC1CCCCC1)N(Cc1c(Cl)cccc1Cl)C(=O)COc1ccc(C(C)(C)C)cc1Br. The number of hydrogen-bond acceptors (Lipinski definition) is 3. The van der Waals surface area contributed by atoms with Crippen LogP contribution in [-0.4, -0.2) is 35.4 Å². The van der Waals surface area contributed by atoms with Gasteiger partial charge in [0.05, 0.1) is 4.47 Å². The van der Waals surface area contributed by atoms with Gasteiger partial charge in [-0.25, -0.2) is 0 Å². The number of halogens is 3. The normalized spacial score (nSPS) is 15.3. The van der Waals surface area contributed by atoms with E-state index in [1.54, 1.807) is 25.1 Å². The molecule has 2 aromatic carbocycles. The summed E-state index contributed by atoms with van der Waals surface area (Å²) in [6.45, 7) is 8.01. The van der Waals surface area contributed by atoms with Crippen LogP contribution in [0.2, 0.25) is 10.0 Å². The number of carbonyl (C=O) groups excluding carboxylic acids is 2. The minimum absolute atomic E-state index is 0.0109. The number of ether oxygens (including phenoxy) is 1.